The monoisotopic (exact) mass is 211 g/mol. The minimum absolute atomic E-state index is 0.201. The van der Waals surface area contributed by atoms with Gasteiger partial charge in [0.15, 0.2) is 0 Å². The highest BCUT2D eigenvalue weighted by Gasteiger charge is 2.10. The zero-order valence-corrected chi connectivity index (χ0v) is 9.38. The van der Waals surface area contributed by atoms with Gasteiger partial charge in [-0.3, -0.25) is 4.68 Å². The van der Waals surface area contributed by atoms with Gasteiger partial charge in [0, 0.05) is 17.7 Å². The van der Waals surface area contributed by atoms with Gasteiger partial charge in [-0.1, -0.05) is 30.3 Å². The first-order chi connectivity index (χ1) is 7.72. The van der Waals surface area contributed by atoms with Gasteiger partial charge in [-0.15, -0.1) is 0 Å². The Kier molecular flexibility index (Phi) is 2.74. The highest BCUT2D eigenvalue weighted by atomic mass is 15.3. The molecule has 0 N–H and O–H groups in total. The molecule has 3 heteroatoms. The Morgan fingerprint density at radius 1 is 1.25 bits per heavy atom. The average molecular weight is 211 g/mol. The molecule has 0 unspecified atom stereocenters. The van der Waals surface area contributed by atoms with Crippen LogP contribution in [0.25, 0.3) is 11.3 Å². The smallest absolute Gasteiger partial charge is 0.139 e. The van der Waals surface area contributed by atoms with Crippen molar-refractivity contribution in [2.45, 2.75) is 19.9 Å². The molecule has 0 saturated carbocycles. The van der Waals surface area contributed by atoms with Crippen molar-refractivity contribution in [3.8, 4) is 17.3 Å². The second-order valence-electron chi connectivity index (χ2n) is 3.93. The van der Waals surface area contributed by atoms with Gasteiger partial charge in [0.1, 0.15) is 11.8 Å². The van der Waals surface area contributed by atoms with E-state index in [2.05, 4.69) is 11.2 Å². The van der Waals surface area contributed by atoms with E-state index in [0.29, 0.717) is 5.69 Å². The molecule has 0 bridgehead atoms. The van der Waals surface area contributed by atoms with E-state index in [1.807, 2.05) is 50.2 Å². The predicted molar refractivity (Wildman–Crippen MR) is 62.8 cm³/mol. The number of nitriles is 1. The fourth-order valence-electron chi connectivity index (χ4n) is 1.62. The van der Waals surface area contributed by atoms with E-state index >= 15 is 0 Å². The van der Waals surface area contributed by atoms with Crippen LogP contribution in [-0.4, -0.2) is 9.78 Å². The van der Waals surface area contributed by atoms with Gasteiger partial charge in [0.05, 0.1) is 5.69 Å². The van der Waals surface area contributed by atoms with Crippen molar-refractivity contribution in [3.63, 3.8) is 0 Å². The molecular weight excluding hydrogens is 198 g/mol. The van der Waals surface area contributed by atoms with Crippen molar-refractivity contribution in [3.05, 3.63) is 42.1 Å². The lowest BCUT2D eigenvalue weighted by Gasteiger charge is -2.05. The van der Waals surface area contributed by atoms with E-state index in [-0.39, 0.29) is 6.04 Å². The van der Waals surface area contributed by atoms with Crippen molar-refractivity contribution >= 4 is 0 Å². The van der Waals surface area contributed by atoms with Crippen molar-refractivity contribution in [1.29, 1.82) is 5.26 Å². The Balaban J connectivity index is 2.49. The second-order valence-corrected chi connectivity index (χ2v) is 3.93. The van der Waals surface area contributed by atoms with Crippen molar-refractivity contribution in [1.82, 2.24) is 9.78 Å². The Labute approximate surface area is 94.9 Å². The first-order valence-corrected chi connectivity index (χ1v) is 5.27. The second kappa shape index (κ2) is 4.19. The highest BCUT2D eigenvalue weighted by molar-refractivity contribution is 5.60. The molecule has 0 aliphatic heterocycles. The van der Waals surface area contributed by atoms with Crippen LogP contribution < -0.4 is 0 Å². The van der Waals surface area contributed by atoms with E-state index < -0.39 is 0 Å². The maximum absolute atomic E-state index is 9.02. The van der Waals surface area contributed by atoms with E-state index in [1.165, 1.54) is 0 Å². The van der Waals surface area contributed by atoms with Gasteiger partial charge >= 0.3 is 0 Å². The van der Waals surface area contributed by atoms with Gasteiger partial charge in [-0.05, 0) is 13.8 Å². The summed E-state index contributed by atoms with van der Waals surface area (Å²) >= 11 is 0. The van der Waals surface area contributed by atoms with Crippen LogP contribution in [0.3, 0.4) is 0 Å². The zero-order chi connectivity index (χ0) is 11.5. The summed E-state index contributed by atoms with van der Waals surface area (Å²) in [6, 6.07) is 14.1. The molecule has 2 rings (SSSR count). The van der Waals surface area contributed by atoms with Gasteiger partial charge in [0.25, 0.3) is 0 Å². The Morgan fingerprint density at radius 2 is 1.94 bits per heavy atom. The Morgan fingerprint density at radius 3 is 2.44 bits per heavy atom. The predicted octanol–water partition coefficient (Wildman–Crippen LogP) is 3.00. The molecule has 0 radical (unpaired) electrons. The molecule has 3 nitrogen and oxygen atoms in total. The van der Waals surface area contributed by atoms with Gasteiger partial charge in [-0.25, -0.2) is 0 Å². The summed E-state index contributed by atoms with van der Waals surface area (Å²) in [6.07, 6.45) is 0. The maximum Gasteiger partial charge on any atom is 0.139 e. The van der Waals surface area contributed by atoms with Crippen LogP contribution >= 0.6 is 0 Å². The van der Waals surface area contributed by atoms with Gasteiger partial charge < -0.3 is 0 Å². The van der Waals surface area contributed by atoms with Crippen LogP contribution in [0.2, 0.25) is 0 Å². The van der Waals surface area contributed by atoms with Gasteiger partial charge in [-0.2, -0.15) is 10.4 Å². The zero-order valence-electron chi connectivity index (χ0n) is 9.38. The summed E-state index contributed by atoms with van der Waals surface area (Å²) in [7, 11) is 0. The SMILES string of the molecule is CC(C)n1nc(-c2ccccc2)cc1C#N. The highest BCUT2D eigenvalue weighted by Crippen LogP contribution is 2.20. The lowest BCUT2D eigenvalue weighted by molar-refractivity contribution is 0.528. The molecule has 1 aromatic heterocycles. The Hall–Kier alpha value is -2.08. The van der Waals surface area contributed by atoms with E-state index in [9.17, 15) is 0 Å². The van der Waals surface area contributed by atoms with Crippen LogP contribution in [-0.2, 0) is 0 Å². The number of hydrogen-bond acceptors (Lipinski definition) is 2. The van der Waals surface area contributed by atoms with E-state index in [0.717, 1.165) is 11.3 Å². The quantitative estimate of drug-likeness (QED) is 0.766. The summed E-state index contributed by atoms with van der Waals surface area (Å²) in [5.74, 6) is 0. The standard InChI is InChI=1S/C13H13N3/c1-10(2)16-12(9-14)8-13(15-16)11-6-4-3-5-7-11/h3-8,10H,1-2H3. The third-order valence-electron chi connectivity index (χ3n) is 2.41. The molecule has 0 saturated heterocycles. The molecule has 1 aromatic carbocycles. The lowest BCUT2D eigenvalue weighted by atomic mass is 10.1. The molecule has 1 heterocycles. The number of rotatable bonds is 2. The summed E-state index contributed by atoms with van der Waals surface area (Å²) in [5.41, 5.74) is 2.50. The number of aromatic nitrogens is 2. The molecule has 0 atom stereocenters. The molecule has 16 heavy (non-hydrogen) atoms. The molecule has 0 spiro atoms. The summed E-state index contributed by atoms with van der Waals surface area (Å²) in [6.45, 7) is 4.03. The van der Waals surface area contributed by atoms with Crippen LogP contribution in [0.15, 0.2) is 36.4 Å². The normalized spacial score (nSPS) is 10.4. The van der Waals surface area contributed by atoms with E-state index in [1.54, 1.807) is 4.68 Å². The van der Waals surface area contributed by atoms with Gasteiger partial charge in [0.2, 0.25) is 0 Å². The van der Waals surface area contributed by atoms with Crippen molar-refractivity contribution in [2.75, 3.05) is 0 Å². The Bertz CT molecular complexity index is 518. The molecule has 0 fully saturated rings. The van der Waals surface area contributed by atoms with Crippen LogP contribution in [0.4, 0.5) is 0 Å². The summed E-state index contributed by atoms with van der Waals surface area (Å²) in [5, 5.41) is 13.5. The van der Waals surface area contributed by atoms with Crippen molar-refractivity contribution < 1.29 is 0 Å². The fraction of sp³-hybridized carbons (Fsp3) is 0.231. The molecule has 0 aliphatic carbocycles. The summed E-state index contributed by atoms with van der Waals surface area (Å²) in [4.78, 5) is 0. The molecular formula is C13H13N3. The fourth-order valence-corrected chi connectivity index (χ4v) is 1.62. The minimum Gasteiger partial charge on any atom is -0.252 e. The van der Waals surface area contributed by atoms with E-state index in [4.69, 9.17) is 5.26 Å². The first kappa shape index (κ1) is 10.4. The first-order valence-electron chi connectivity index (χ1n) is 5.27. The van der Waals surface area contributed by atoms with Crippen LogP contribution in [0.5, 0.6) is 0 Å². The lowest BCUT2D eigenvalue weighted by Crippen LogP contribution is -2.05. The third kappa shape index (κ3) is 1.82. The number of benzene rings is 1. The molecule has 2 aromatic rings. The number of nitrogens with zero attached hydrogens (tertiary/aromatic N) is 3. The third-order valence-corrected chi connectivity index (χ3v) is 2.41. The maximum atomic E-state index is 9.02. The summed E-state index contributed by atoms with van der Waals surface area (Å²) < 4.78 is 1.75. The molecule has 80 valence electrons. The average Bonchev–Trinajstić information content (AvgIpc) is 2.74. The minimum atomic E-state index is 0.201. The van der Waals surface area contributed by atoms with Crippen molar-refractivity contribution in [2.24, 2.45) is 0 Å². The molecule has 0 amide bonds. The van der Waals surface area contributed by atoms with Crippen LogP contribution in [0.1, 0.15) is 25.6 Å². The molecule has 0 aliphatic rings. The topological polar surface area (TPSA) is 41.6 Å². The number of hydrogen-bond donors (Lipinski definition) is 0. The van der Waals surface area contributed by atoms with Crippen LogP contribution in [0, 0.1) is 11.3 Å². The largest absolute Gasteiger partial charge is 0.252 e.